The fourth-order valence-electron chi connectivity index (χ4n) is 1.39. The highest BCUT2D eigenvalue weighted by atomic mass is 19.4. The van der Waals surface area contributed by atoms with Crippen molar-refractivity contribution in [3.05, 3.63) is 42.0 Å². The Morgan fingerprint density at radius 2 is 1.71 bits per heavy atom. The molecule has 0 unspecified atom stereocenters. The minimum atomic E-state index is -4.46. The summed E-state index contributed by atoms with van der Waals surface area (Å²) < 4.78 is 37.7. The molecule has 0 bridgehead atoms. The van der Waals surface area contributed by atoms with E-state index in [9.17, 15) is 13.2 Å². The number of hydrogen-bond donors (Lipinski definition) is 0. The highest BCUT2D eigenvalue weighted by molar-refractivity contribution is 5.55. The fraction of sp³-hybridized carbons (Fsp3) is 0.182. The third kappa shape index (κ3) is 2.58. The molecule has 0 N–H and O–H groups in total. The van der Waals surface area contributed by atoms with Crippen molar-refractivity contribution in [3.8, 4) is 11.4 Å². The van der Waals surface area contributed by atoms with E-state index in [1.165, 1.54) is 25.4 Å². The van der Waals surface area contributed by atoms with E-state index in [0.29, 0.717) is 5.56 Å². The van der Waals surface area contributed by atoms with Crippen molar-refractivity contribution in [1.82, 2.24) is 15.0 Å². The van der Waals surface area contributed by atoms with Gasteiger partial charge in [-0.25, -0.2) is 15.0 Å². The SMILES string of the molecule is Cc1cc(-c2ncccn2)cc(C(F)(F)F)n1. The standard InChI is InChI=1S/C11H8F3N3/c1-7-5-8(10-15-3-2-4-16-10)6-9(17-7)11(12,13)14/h2-6H,1H3. The van der Waals surface area contributed by atoms with Crippen molar-refractivity contribution in [1.29, 1.82) is 0 Å². The number of aromatic nitrogens is 3. The molecule has 0 aliphatic carbocycles. The first-order chi connectivity index (χ1) is 7.97. The van der Waals surface area contributed by atoms with Crippen molar-refractivity contribution < 1.29 is 13.2 Å². The van der Waals surface area contributed by atoms with Gasteiger partial charge in [0, 0.05) is 23.7 Å². The van der Waals surface area contributed by atoms with E-state index in [4.69, 9.17) is 0 Å². The third-order valence-corrected chi connectivity index (χ3v) is 2.07. The summed E-state index contributed by atoms with van der Waals surface area (Å²) >= 11 is 0. The summed E-state index contributed by atoms with van der Waals surface area (Å²) in [6.07, 6.45) is -1.51. The zero-order valence-corrected chi connectivity index (χ0v) is 8.86. The molecule has 2 heterocycles. The molecule has 2 aromatic heterocycles. The number of halogens is 3. The summed E-state index contributed by atoms with van der Waals surface area (Å²) in [6, 6.07) is 4.06. The van der Waals surface area contributed by atoms with Crippen molar-refractivity contribution >= 4 is 0 Å². The van der Waals surface area contributed by atoms with Crippen LogP contribution in [-0.4, -0.2) is 15.0 Å². The van der Waals surface area contributed by atoms with Gasteiger partial charge >= 0.3 is 6.18 Å². The number of aryl methyl sites for hydroxylation is 1. The van der Waals surface area contributed by atoms with Crippen molar-refractivity contribution in [3.63, 3.8) is 0 Å². The van der Waals surface area contributed by atoms with Gasteiger partial charge in [-0.15, -0.1) is 0 Å². The number of hydrogen-bond acceptors (Lipinski definition) is 3. The average molecular weight is 239 g/mol. The second kappa shape index (κ2) is 4.12. The van der Waals surface area contributed by atoms with Crippen LogP contribution >= 0.6 is 0 Å². The summed E-state index contributed by atoms with van der Waals surface area (Å²) in [5.74, 6) is 0.253. The number of nitrogens with zero attached hydrogens (tertiary/aromatic N) is 3. The predicted octanol–water partition coefficient (Wildman–Crippen LogP) is 2.87. The normalized spacial score (nSPS) is 11.5. The predicted molar refractivity (Wildman–Crippen MR) is 55.0 cm³/mol. The van der Waals surface area contributed by atoms with Crippen LogP contribution in [0.1, 0.15) is 11.4 Å². The average Bonchev–Trinajstić information content (AvgIpc) is 2.28. The van der Waals surface area contributed by atoms with Gasteiger partial charge in [0.25, 0.3) is 0 Å². The van der Waals surface area contributed by atoms with Crippen LogP contribution in [0, 0.1) is 6.92 Å². The summed E-state index contributed by atoms with van der Waals surface area (Å²) in [5, 5.41) is 0. The Hall–Kier alpha value is -1.98. The summed E-state index contributed by atoms with van der Waals surface area (Å²) in [7, 11) is 0. The molecule has 2 aromatic rings. The Bertz CT molecular complexity index is 523. The lowest BCUT2D eigenvalue weighted by Crippen LogP contribution is -2.09. The molecule has 17 heavy (non-hydrogen) atoms. The molecule has 6 heteroatoms. The van der Waals surface area contributed by atoms with Crippen molar-refractivity contribution in [2.75, 3.05) is 0 Å². The second-order valence-corrected chi connectivity index (χ2v) is 3.45. The molecule has 2 rings (SSSR count). The van der Waals surface area contributed by atoms with E-state index >= 15 is 0 Å². The molecule has 0 saturated carbocycles. The quantitative estimate of drug-likeness (QED) is 0.768. The summed E-state index contributed by atoms with van der Waals surface area (Å²) in [5.41, 5.74) is -0.340. The summed E-state index contributed by atoms with van der Waals surface area (Å²) in [4.78, 5) is 11.3. The highest BCUT2D eigenvalue weighted by Gasteiger charge is 2.33. The molecule has 0 aliphatic heterocycles. The maximum absolute atomic E-state index is 12.6. The van der Waals surface area contributed by atoms with E-state index in [1.54, 1.807) is 6.07 Å². The van der Waals surface area contributed by atoms with E-state index < -0.39 is 11.9 Å². The molecule has 88 valence electrons. The minimum absolute atomic E-state index is 0.253. The molecule has 3 nitrogen and oxygen atoms in total. The number of rotatable bonds is 1. The fourth-order valence-corrected chi connectivity index (χ4v) is 1.39. The topological polar surface area (TPSA) is 38.7 Å². The molecule has 0 atom stereocenters. The number of alkyl halides is 3. The first-order valence-electron chi connectivity index (χ1n) is 4.80. The van der Waals surface area contributed by atoms with Crippen LogP contribution in [0.2, 0.25) is 0 Å². The Balaban J connectivity index is 2.54. The zero-order chi connectivity index (χ0) is 12.5. The van der Waals surface area contributed by atoms with Gasteiger partial charge in [0.15, 0.2) is 5.82 Å². The Labute approximate surface area is 95.4 Å². The third-order valence-electron chi connectivity index (χ3n) is 2.07. The largest absolute Gasteiger partial charge is 0.433 e. The van der Waals surface area contributed by atoms with Crippen molar-refractivity contribution in [2.45, 2.75) is 13.1 Å². The van der Waals surface area contributed by atoms with Crippen molar-refractivity contribution in [2.24, 2.45) is 0 Å². The van der Waals surface area contributed by atoms with Gasteiger partial charge in [0.2, 0.25) is 0 Å². The first kappa shape index (κ1) is 11.5. The van der Waals surface area contributed by atoms with Gasteiger partial charge in [0.05, 0.1) is 0 Å². The van der Waals surface area contributed by atoms with Crippen LogP contribution in [0.3, 0.4) is 0 Å². The van der Waals surface area contributed by atoms with Crippen LogP contribution in [0.5, 0.6) is 0 Å². The van der Waals surface area contributed by atoms with Gasteiger partial charge < -0.3 is 0 Å². The smallest absolute Gasteiger partial charge is 0.249 e. The van der Waals surface area contributed by atoms with E-state index in [1.807, 2.05) is 0 Å². The van der Waals surface area contributed by atoms with Crippen LogP contribution < -0.4 is 0 Å². The van der Waals surface area contributed by atoms with Gasteiger partial charge in [-0.1, -0.05) is 0 Å². The maximum Gasteiger partial charge on any atom is 0.433 e. The Morgan fingerprint density at radius 1 is 1.06 bits per heavy atom. The maximum atomic E-state index is 12.6. The molecule has 0 radical (unpaired) electrons. The Kier molecular flexibility index (Phi) is 2.79. The van der Waals surface area contributed by atoms with Crippen LogP contribution in [0.4, 0.5) is 13.2 Å². The molecular formula is C11H8F3N3. The lowest BCUT2D eigenvalue weighted by molar-refractivity contribution is -0.141. The van der Waals surface area contributed by atoms with E-state index in [-0.39, 0.29) is 11.5 Å². The second-order valence-electron chi connectivity index (χ2n) is 3.45. The van der Waals surface area contributed by atoms with E-state index in [2.05, 4.69) is 15.0 Å². The Morgan fingerprint density at radius 3 is 2.29 bits per heavy atom. The van der Waals surface area contributed by atoms with Crippen LogP contribution in [-0.2, 0) is 6.18 Å². The zero-order valence-electron chi connectivity index (χ0n) is 8.86. The molecule has 0 spiro atoms. The minimum Gasteiger partial charge on any atom is -0.249 e. The van der Waals surface area contributed by atoms with E-state index in [0.717, 1.165) is 6.07 Å². The first-order valence-corrected chi connectivity index (χ1v) is 4.80. The molecular weight excluding hydrogens is 231 g/mol. The van der Waals surface area contributed by atoms with Gasteiger partial charge in [-0.3, -0.25) is 0 Å². The van der Waals surface area contributed by atoms with Gasteiger partial charge in [0.1, 0.15) is 5.69 Å². The van der Waals surface area contributed by atoms with Crippen LogP contribution in [0.15, 0.2) is 30.6 Å². The summed E-state index contributed by atoms with van der Waals surface area (Å²) in [6.45, 7) is 1.50. The molecule has 0 fully saturated rings. The number of pyridine rings is 1. The molecule has 0 aromatic carbocycles. The van der Waals surface area contributed by atoms with Crippen LogP contribution in [0.25, 0.3) is 11.4 Å². The van der Waals surface area contributed by atoms with Gasteiger partial charge in [-0.2, -0.15) is 13.2 Å². The monoisotopic (exact) mass is 239 g/mol. The molecule has 0 amide bonds. The lowest BCUT2D eigenvalue weighted by Gasteiger charge is -2.08. The highest BCUT2D eigenvalue weighted by Crippen LogP contribution is 2.30. The lowest BCUT2D eigenvalue weighted by atomic mass is 10.2. The molecule has 0 aliphatic rings. The van der Waals surface area contributed by atoms with Gasteiger partial charge in [-0.05, 0) is 25.1 Å². The molecule has 0 saturated heterocycles.